The molecule has 0 bridgehead atoms. The van der Waals surface area contributed by atoms with Gasteiger partial charge in [0.25, 0.3) is 11.4 Å². The highest BCUT2D eigenvalue weighted by Gasteiger charge is 2.20. The van der Waals surface area contributed by atoms with Gasteiger partial charge in [0, 0.05) is 19.2 Å². The SMILES string of the molecule is CC.COC(=O)c1cc(-c2nnc(C(C)Cc3ccccc3)o2)c(=O)n(C)c1. The standard InChI is InChI=1S/C19H19N3O4.C2H6/c1-12(9-13-7-5-4-6-8-13)16-20-21-17(26-16)15-10-14(19(24)25-3)11-22(2)18(15)23;1-2/h4-8,10-12H,9H2,1-3H3;1-2H3. The van der Waals surface area contributed by atoms with E-state index in [0.29, 0.717) is 5.89 Å². The Morgan fingerprint density at radius 1 is 1.21 bits per heavy atom. The van der Waals surface area contributed by atoms with Gasteiger partial charge in [0.15, 0.2) is 0 Å². The number of nitrogens with zero attached hydrogens (tertiary/aromatic N) is 3. The van der Waals surface area contributed by atoms with Crippen molar-refractivity contribution in [2.45, 2.75) is 33.1 Å². The molecule has 0 spiro atoms. The summed E-state index contributed by atoms with van der Waals surface area (Å²) in [6.07, 6.45) is 2.15. The van der Waals surface area contributed by atoms with Gasteiger partial charge in [-0.05, 0) is 18.1 Å². The Morgan fingerprint density at radius 3 is 2.54 bits per heavy atom. The Labute approximate surface area is 164 Å². The van der Waals surface area contributed by atoms with Crippen molar-refractivity contribution in [2.75, 3.05) is 7.11 Å². The maximum Gasteiger partial charge on any atom is 0.339 e. The quantitative estimate of drug-likeness (QED) is 0.626. The minimum absolute atomic E-state index is 0.00806. The molecule has 7 nitrogen and oxygen atoms in total. The molecule has 7 heteroatoms. The number of benzene rings is 1. The molecule has 0 aliphatic rings. The molecular weight excluding hydrogens is 358 g/mol. The number of rotatable bonds is 5. The molecule has 148 valence electrons. The number of pyridine rings is 1. The fourth-order valence-electron chi connectivity index (χ4n) is 2.69. The molecule has 0 saturated carbocycles. The van der Waals surface area contributed by atoms with Crippen molar-refractivity contribution >= 4 is 5.97 Å². The lowest BCUT2D eigenvalue weighted by atomic mass is 10.0. The second-order valence-electron chi connectivity index (χ2n) is 6.09. The van der Waals surface area contributed by atoms with Gasteiger partial charge in [0.1, 0.15) is 5.56 Å². The number of methoxy groups -OCH3 is 1. The molecule has 1 atom stereocenters. The molecule has 1 unspecified atom stereocenters. The molecule has 0 radical (unpaired) electrons. The molecule has 2 aromatic heterocycles. The lowest BCUT2D eigenvalue weighted by molar-refractivity contribution is 0.0599. The normalized spacial score (nSPS) is 11.3. The topological polar surface area (TPSA) is 87.2 Å². The van der Waals surface area contributed by atoms with Crippen molar-refractivity contribution in [3.63, 3.8) is 0 Å². The Balaban J connectivity index is 0.00000136. The van der Waals surface area contributed by atoms with Crippen molar-refractivity contribution in [1.82, 2.24) is 14.8 Å². The van der Waals surface area contributed by atoms with Gasteiger partial charge in [-0.2, -0.15) is 0 Å². The molecule has 0 saturated heterocycles. The van der Waals surface area contributed by atoms with E-state index in [-0.39, 0.29) is 28.5 Å². The monoisotopic (exact) mass is 383 g/mol. The predicted molar refractivity (Wildman–Crippen MR) is 106 cm³/mol. The molecule has 2 heterocycles. The third-order valence-corrected chi connectivity index (χ3v) is 4.08. The number of ether oxygens (including phenoxy) is 1. The first-order chi connectivity index (χ1) is 13.5. The van der Waals surface area contributed by atoms with Crippen LogP contribution in [0.1, 0.15) is 48.5 Å². The van der Waals surface area contributed by atoms with Gasteiger partial charge < -0.3 is 13.7 Å². The summed E-state index contributed by atoms with van der Waals surface area (Å²) in [4.78, 5) is 24.2. The summed E-state index contributed by atoms with van der Waals surface area (Å²) in [6, 6.07) is 11.4. The van der Waals surface area contributed by atoms with Crippen molar-refractivity contribution in [2.24, 2.45) is 7.05 Å². The number of hydrogen-bond donors (Lipinski definition) is 0. The van der Waals surface area contributed by atoms with E-state index in [0.717, 1.165) is 12.0 Å². The van der Waals surface area contributed by atoms with Crippen LogP contribution >= 0.6 is 0 Å². The average molecular weight is 383 g/mol. The number of carbonyl (C=O) groups is 1. The fourth-order valence-corrected chi connectivity index (χ4v) is 2.69. The molecule has 1 aromatic carbocycles. The third-order valence-electron chi connectivity index (χ3n) is 4.08. The van der Waals surface area contributed by atoms with E-state index in [1.54, 1.807) is 7.05 Å². The van der Waals surface area contributed by atoms with Crippen LogP contribution in [0.4, 0.5) is 0 Å². The van der Waals surface area contributed by atoms with Crippen LogP contribution in [-0.4, -0.2) is 27.8 Å². The van der Waals surface area contributed by atoms with Crippen LogP contribution in [0.5, 0.6) is 0 Å². The summed E-state index contributed by atoms with van der Waals surface area (Å²) >= 11 is 0. The Bertz CT molecular complexity index is 977. The van der Waals surface area contributed by atoms with Crippen molar-refractivity contribution in [1.29, 1.82) is 0 Å². The lowest BCUT2D eigenvalue weighted by Gasteiger charge is -2.07. The van der Waals surface area contributed by atoms with E-state index >= 15 is 0 Å². The number of aryl methyl sites for hydroxylation is 1. The van der Waals surface area contributed by atoms with E-state index in [2.05, 4.69) is 10.2 Å². The van der Waals surface area contributed by atoms with E-state index in [1.807, 2.05) is 51.1 Å². The van der Waals surface area contributed by atoms with Crippen LogP contribution in [0.3, 0.4) is 0 Å². The van der Waals surface area contributed by atoms with Gasteiger partial charge in [-0.3, -0.25) is 4.79 Å². The number of carbonyl (C=O) groups excluding carboxylic acids is 1. The van der Waals surface area contributed by atoms with Crippen molar-refractivity contribution < 1.29 is 13.9 Å². The first-order valence-electron chi connectivity index (χ1n) is 9.16. The summed E-state index contributed by atoms with van der Waals surface area (Å²) < 4.78 is 11.7. The van der Waals surface area contributed by atoms with Gasteiger partial charge in [-0.25, -0.2) is 4.79 Å². The van der Waals surface area contributed by atoms with Gasteiger partial charge in [0.05, 0.1) is 12.7 Å². The van der Waals surface area contributed by atoms with Gasteiger partial charge in [-0.15, -0.1) is 10.2 Å². The van der Waals surface area contributed by atoms with Crippen LogP contribution in [0.25, 0.3) is 11.5 Å². The van der Waals surface area contributed by atoms with Crippen LogP contribution in [0.15, 0.2) is 51.8 Å². The van der Waals surface area contributed by atoms with Crippen LogP contribution in [-0.2, 0) is 18.2 Å². The second kappa shape index (κ2) is 9.64. The summed E-state index contributed by atoms with van der Waals surface area (Å²) in [6.45, 7) is 5.98. The number of hydrogen-bond acceptors (Lipinski definition) is 6. The van der Waals surface area contributed by atoms with Gasteiger partial charge >= 0.3 is 5.97 Å². The summed E-state index contributed by atoms with van der Waals surface area (Å²) in [5.74, 6) is -0.0223. The van der Waals surface area contributed by atoms with Crippen LogP contribution in [0.2, 0.25) is 0 Å². The maximum atomic E-state index is 12.4. The highest BCUT2D eigenvalue weighted by Crippen LogP contribution is 2.23. The summed E-state index contributed by atoms with van der Waals surface area (Å²) in [5.41, 5.74) is 1.23. The average Bonchev–Trinajstić information content (AvgIpc) is 3.21. The Hall–Kier alpha value is -3.22. The minimum Gasteiger partial charge on any atom is -0.465 e. The van der Waals surface area contributed by atoms with Crippen molar-refractivity contribution in [3.8, 4) is 11.5 Å². The largest absolute Gasteiger partial charge is 0.465 e. The molecule has 28 heavy (non-hydrogen) atoms. The Kier molecular flexibility index (Phi) is 7.26. The third kappa shape index (κ3) is 4.73. The maximum absolute atomic E-state index is 12.4. The zero-order valence-electron chi connectivity index (χ0n) is 16.8. The fraction of sp³-hybridized carbons (Fsp3) is 0.333. The van der Waals surface area contributed by atoms with E-state index in [4.69, 9.17) is 9.15 Å². The molecule has 0 aliphatic heterocycles. The van der Waals surface area contributed by atoms with Crippen LogP contribution in [0, 0.1) is 0 Å². The molecule has 0 amide bonds. The molecule has 0 aliphatic carbocycles. The Morgan fingerprint density at radius 2 is 1.89 bits per heavy atom. The first-order valence-corrected chi connectivity index (χ1v) is 9.16. The number of esters is 1. The van der Waals surface area contributed by atoms with Gasteiger partial charge in [0.2, 0.25) is 5.89 Å². The predicted octanol–water partition coefficient (Wildman–Crippen LogP) is 3.59. The molecule has 0 fully saturated rings. The first kappa shape index (κ1) is 21.1. The van der Waals surface area contributed by atoms with Crippen molar-refractivity contribution in [3.05, 3.63) is 70.0 Å². The zero-order valence-corrected chi connectivity index (χ0v) is 16.8. The van der Waals surface area contributed by atoms with E-state index < -0.39 is 5.97 Å². The van der Waals surface area contributed by atoms with Crippen LogP contribution < -0.4 is 5.56 Å². The summed E-state index contributed by atoms with van der Waals surface area (Å²) in [7, 11) is 2.83. The lowest BCUT2D eigenvalue weighted by Crippen LogP contribution is -2.20. The molecular formula is C21H25N3O4. The van der Waals surface area contributed by atoms with Gasteiger partial charge in [-0.1, -0.05) is 51.1 Å². The highest BCUT2D eigenvalue weighted by molar-refractivity contribution is 5.90. The second-order valence-corrected chi connectivity index (χ2v) is 6.09. The number of aromatic nitrogens is 3. The molecule has 3 aromatic rings. The van der Waals surface area contributed by atoms with E-state index in [9.17, 15) is 9.59 Å². The minimum atomic E-state index is -0.543. The smallest absolute Gasteiger partial charge is 0.339 e. The molecule has 3 rings (SSSR count). The zero-order chi connectivity index (χ0) is 20.7. The highest BCUT2D eigenvalue weighted by atomic mass is 16.5. The van der Waals surface area contributed by atoms with E-state index in [1.165, 1.54) is 23.9 Å². The summed E-state index contributed by atoms with van der Waals surface area (Å²) in [5, 5.41) is 8.07. The molecule has 0 N–H and O–H groups in total.